The molecule has 0 bridgehead atoms. The summed E-state index contributed by atoms with van der Waals surface area (Å²) in [4.78, 5) is 14.4. The van der Waals surface area contributed by atoms with Crippen molar-refractivity contribution in [2.45, 2.75) is 33.1 Å². The first kappa shape index (κ1) is 17.1. The van der Waals surface area contributed by atoms with Gasteiger partial charge in [0.05, 0.1) is 6.61 Å². The SMILES string of the molecule is CC[C@@H]1CN(CCO)C[C@H](C(C)=O)C1c1cccc(F)c1C. The van der Waals surface area contributed by atoms with Crippen molar-refractivity contribution >= 4 is 5.78 Å². The van der Waals surface area contributed by atoms with E-state index in [1.807, 2.05) is 6.07 Å². The Bertz CT molecular complexity index is 532. The normalized spacial score (nSPS) is 26.1. The number of aliphatic hydroxyl groups excluding tert-OH is 1. The molecule has 1 aliphatic rings. The first-order chi connectivity index (χ1) is 10.5. The van der Waals surface area contributed by atoms with Crippen molar-refractivity contribution in [3.8, 4) is 0 Å². The molecule has 2 rings (SSSR count). The third-order valence-electron chi connectivity index (χ3n) is 5.02. The van der Waals surface area contributed by atoms with Crippen molar-refractivity contribution in [3.63, 3.8) is 0 Å². The lowest BCUT2D eigenvalue weighted by Gasteiger charge is -2.43. The van der Waals surface area contributed by atoms with Crippen molar-refractivity contribution < 1.29 is 14.3 Å². The van der Waals surface area contributed by atoms with Crippen LogP contribution >= 0.6 is 0 Å². The van der Waals surface area contributed by atoms with Gasteiger partial charge in [0.25, 0.3) is 0 Å². The molecule has 4 heteroatoms. The highest BCUT2D eigenvalue weighted by Gasteiger charge is 2.39. The molecule has 0 spiro atoms. The predicted octanol–water partition coefficient (Wildman–Crippen LogP) is 2.76. The van der Waals surface area contributed by atoms with E-state index in [-0.39, 0.29) is 30.0 Å². The number of benzene rings is 1. The molecule has 1 aliphatic heterocycles. The van der Waals surface area contributed by atoms with Gasteiger partial charge in [0.15, 0.2) is 0 Å². The summed E-state index contributed by atoms with van der Waals surface area (Å²) in [5.41, 5.74) is 1.63. The Kier molecular flexibility index (Phi) is 5.70. The second-order valence-corrected chi connectivity index (χ2v) is 6.35. The minimum absolute atomic E-state index is 0.0631. The maximum atomic E-state index is 14.0. The van der Waals surface area contributed by atoms with Crippen LogP contribution in [-0.2, 0) is 4.79 Å². The third-order valence-corrected chi connectivity index (χ3v) is 5.02. The van der Waals surface area contributed by atoms with Gasteiger partial charge in [-0.3, -0.25) is 4.79 Å². The summed E-state index contributed by atoms with van der Waals surface area (Å²) in [5.74, 6) is 0.177. The van der Waals surface area contributed by atoms with Crippen LogP contribution in [-0.4, -0.2) is 42.0 Å². The number of hydrogen-bond donors (Lipinski definition) is 1. The van der Waals surface area contributed by atoms with Crippen LogP contribution in [0.2, 0.25) is 0 Å². The minimum atomic E-state index is -0.201. The van der Waals surface area contributed by atoms with Crippen LogP contribution < -0.4 is 0 Å². The van der Waals surface area contributed by atoms with E-state index in [4.69, 9.17) is 0 Å². The van der Waals surface area contributed by atoms with Crippen LogP contribution in [0.1, 0.15) is 37.3 Å². The lowest BCUT2D eigenvalue weighted by Crippen LogP contribution is -2.48. The number of likely N-dealkylation sites (tertiary alicyclic amines) is 1. The second kappa shape index (κ2) is 7.34. The van der Waals surface area contributed by atoms with Gasteiger partial charge in [-0.2, -0.15) is 0 Å². The van der Waals surface area contributed by atoms with E-state index in [1.54, 1.807) is 19.9 Å². The maximum Gasteiger partial charge on any atom is 0.134 e. The highest BCUT2D eigenvalue weighted by molar-refractivity contribution is 5.80. The Hall–Kier alpha value is -1.26. The van der Waals surface area contributed by atoms with Crippen molar-refractivity contribution in [1.29, 1.82) is 0 Å². The minimum Gasteiger partial charge on any atom is -0.395 e. The molecule has 22 heavy (non-hydrogen) atoms. The summed E-state index contributed by atoms with van der Waals surface area (Å²) < 4.78 is 14.0. The fourth-order valence-corrected chi connectivity index (χ4v) is 3.78. The molecule has 1 unspecified atom stereocenters. The van der Waals surface area contributed by atoms with E-state index in [2.05, 4.69) is 11.8 Å². The fourth-order valence-electron chi connectivity index (χ4n) is 3.78. The number of ketones is 1. The van der Waals surface area contributed by atoms with Gasteiger partial charge >= 0.3 is 0 Å². The molecule has 3 nitrogen and oxygen atoms in total. The molecule has 1 aromatic carbocycles. The van der Waals surface area contributed by atoms with E-state index < -0.39 is 0 Å². The Morgan fingerprint density at radius 1 is 1.41 bits per heavy atom. The number of halogens is 1. The molecule has 0 radical (unpaired) electrons. The topological polar surface area (TPSA) is 40.5 Å². The monoisotopic (exact) mass is 307 g/mol. The molecule has 3 atom stereocenters. The number of aliphatic hydroxyl groups is 1. The highest BCUT2D eigenvalue weighted by Crippen LogP contribution is 2.41. The van der Waals surface area contributed by atoms with Gasteiger partial charge in [-0.1, -0.05) is 25.5 Å². The molecule has 0 aliphatic carbocycles. The molecule has 0 saturated carbocycles. The Balaban J connectivity index is 2.40. The van der Waals surface area contributed by atoms with E-state index in [9.17, 15) is 14.3 Å². The van der Waals surface area contributed by atoms with Crippen molar-refractivity contribution in [3.05, 3.63) is 35.1 Å². The fraction of sp³-hybridized carbons (Fsp3) is 0.611. The Morgan fingerprint density at radius 2 is 2.14 bits per heavy atom. The average Bonchev–Trinajstić information content (AvgIpc) is 2.49. The van der Waals surface area contributed by atoms with Crippen LogP contribution in [0.25, 0.3) is 0 Å². The molecule has 1 N–H and O–H groups in total. The first-order valence-electron chi connectivity index (χ1n) is 8.08. The lowest BCUT2D eigenvalue weighted by atomic mass is 9.70. The number of β-amino-alcohol motifs (C(OH)–C–C–N with tert-alkyl or cyclic N) is 1. The van der Waals surface area contributed by atoms with Gasteiger partial charge in [-0.05, 0) is 42.9 Å². The quantitative estimate of drug-likeness (QED) is 0.909. The predicted molar refractivity (Wildman–Crippen MR) is 85.4 cm³/mol. The molecule has 1 saturated heterocycles. The highest BCUT2D eigenvalue weighted by atomic mass is 19.1. The summed E-state index contributed by atoms with van der Waals surface area (Å²) >= 11 is 0. The number of hydrogen-bond acceptors (Lipinski definition) is 3. The van der Waals surface area contributed by atoms with Gasteiger partial charge in [0.2, 0.25) is 0 Å². The van der Waals surface area contributed by atoms with E-state index in [1.165, 1.54) is 6.07 Å². The number of carbonyl (C=O) groups is 1. The van der Waals surface area contributed by atoms with Crippen LogP contribution in [0.5, 0.6) is 0 Å². The number of nitrogens with zero attached hydrogens (tertiary/aromatic N) is 1. The number of rotatable bonds is 5. The summed E-state index contributed by atoms with van der Waals surface area (Å²) in [7, 11) is 0. The summed E-state index contributed by atoms with van der Waals surface area (Å²) in [6.45, 7) is 7.73. The van der Waals surface area contributed by atoms with Crippen molar-refractivity contribution in [2.24, 2.45) is 11.8 Å². The van der Waals surface area contributed by atoms with E-state index >= 15 is 0 Å². The molecular formula is C18H26FNO2. The molecular weight excluding hydrogens is 281 g/mol. The maximum absolute atomic E-state index is 14.0. The molecule has 1 heterocycles. The zero-order valence-electron chi connectivity index (χ0n) is 13.7. The van der Waals surface area contributed by atoms with Gasteiger partial charge in [-0.15, -0.1) is 0 Å². The Morgan fingerprint density at radius 3 is 2.73 bits per heavy atom. The van der Waals surface area contributed by atoms with Crippen LogP contribution in [0.15, 0.2) is 18.2 Å². The van der Waals surface area contributed by atoms with Crippen LogP contribution in [0, 0.1) is 24.6 Å². The zero-order valence-corrected chi connectivity index (χ0v) is 13.7. The van der Waals surface area contributed by atoms with Crippen molar-refractivity contribution in [2.75, 3.05) is 26.2 Å². The molecule has 122 valence electrons. The first-order valence-corrected chi connectivity index (χ1v) is 8.08. The van der Waals surface area contributed by atoms with Gasteiger partial charge in [0.1, 0.15) is 11.6 Å². The molecule has 1 fully saturated rings. The van der Waals surface area contributed by atoms with Crippen LogP contribution in [0.4, 0.5) is 4.39 Å². The summed E-state index contributed by atoms with van der Waals surface area (Å²) in [5, 5.41) is 9.19. The molecule has 0 amide bonds. The van der Waals surface area contributed by atoms with E-state index in [0.717, 1.165) is 18.5 Å². The largest absolute Gasteiger partial charge is 0.395 e. The summed E-state index contributed by atoms with van der Waals surface area (Å²) in [6.07, 6.45) is 0.937. The van der Waals surface area contributed by atoms with E-state index in [0.29, 0.717) is 24.6 Å². The summed E-state index contributed by atoms with van der Waals surface area (Å²) in [6, 6.07) is 5.18. The number of carbonyl (C=O) groups excluding carboxylic acids is 1. The van der Waals surface area contributed by atoms with Gasteiger partial charge in [-0.25, -0.2) is 4.39 Å². The lowest BCUT2D eigenvalue weighted by molar-refractivity contribution is -0.124. The van der Waals surface area contributed by atoms with Crippen LogP contribution in [0.3, 0.4) is 0 Å². The zero-order chi connectivity index (χ0) is 16.3. The number of Topliss-reactive ketones (excluding diaryl/α,β-unsaturated/α-hetero) is 1. The average molecular weight is 307 g/mol. The molecule has 1 aromatic rings. The van der Waals surface area contributed by atoms with Gasteiger partial charge < -0.3 is 10.0 Å². The standard InChI is InChI=1S/C18H26FNO2/c1-4-14-10-20(8-9-21)11-16(13(3)22)18(14)15-6-5-7-17(19)12(15)2/h5-7,14,16,18,21H,4,8-11H2,1-3H3/t14-,16-,18?/m1/s1. The smallest absolute Gasteiger partial charge is 0.134 e. The third kappa shape index (κ3) is 3.39. The second-order valence-electron chi connectivity index (χ2n) is 6.35. The van der Waals surface area contributed by atoms with Gasteiger partial charge in [0, 0.05) is 25.6 Å². The molecule has 0 aromatic heterocycles. The Labute approximate surface area is 132 Å². The number of piperidine rings is 1. The van der Waals surface area contributed by atoms with Crippen molar-refractivity contribution in [1.82, 2.24) is 4.90 Å².